The van der Waals surface area contributed by atoms with Gasteiger partial charge in [0.1, 0.15) is 0 Å². The molecular weight excluding hydrogens is 216 g/mol. The number of hydrogen-bond acceptors (Lipinski definition) is 4. The molecule has 5 nitrogen and oxygen atoms in total. The van der Waals surface area contributed by atoms with Gasteiger partial charge in [-0.15, -0.1) is 0 Å². The molecule has 17 heavy (non-hydrogen) atoms. The smallest absolute Gasteiger partial charge is 0.234 e. The first kappa shape index (κ1) is 14.4. The summed E-state index contributed by atoms with van der Waals surface area (Å²) in [5, 5.41) is 0. The van der Waals surface area contributed by atoms with Crippen LogP contribution in [0.5, 0.6) is 0 Å². The van der Waals surface area contributed by atoms with Crippen LogP contribution in [0.4, 0.5) is 0 Å². The van der Waals surface area contributed by atoms with Gasteiger partial charge in [0.05, 0.1) is 6.04 Å². The largest absolute Gasteiger partial charge is 0.368 e. The number of nitrogens with zero attached hydrogens (tertiary/aromatic N) is 2. The maximum atomic E-state index is 10.8. The van der Waals surface area contributed by atoms with Gasteiger partial charge in [-0.3, -0.25) is 4.79 Å². The highest BCUT2D eigenvalue weighted by molar-refractivity contribution is 5.79. The van der Waals surface area contributed by atoms with Gasteiger partial charge in [0, 0.05) is 6.54 Å². The van der Waals surface area contributed by atoms with E-state index < -0.39 is 11.9 Å². The van der Waals surface area contributed by atoms with Crippen molar-refractivity contribution in [3.63, 3.8) is 0 Å². The standard InChI is InChI=1S/C12H26N4O/c1-15-6-3-10(4-7-15)9-16(2)8-5-11(13)12(14)17/h10-11H,3-9,13H2,1-2H3,(H2,14,17). The Morgan fingerprint density at radius 1 is 1.47 bits per heavy atom. The SMILES string of the molecule is CN1CCC(CN(C)CCC(N)C(N)=O)CC1. The Kier molecular flexibility index (Phi) is 5.88. The lowest BCUT2D eigenvalue weighted by molar-refractivity contribution is -0.119. The average molecular weight is 242 g/mol. The molecule has 1 fully saturated rings. The Morgan fingerprint density at radius 3 is 2.59 bits per heavy atom. The Balaban J connectivity index is 2.16. The number of carbonyl (C=O) groups excluding carboxylic acids is 1. The van der Waals surface area contributed by atoms with Gasteiger partial charge < -0.3 is 21.3 Å². The molecule has 0 bridgehead atoms. The van der Waals surface area contributed by atoms with E-state index in [9.17, 15) is 4.79 Å². The minimum atomic E-state index is -0.505. The summed E-state index contributed by atoms with van der Waals surface area (Å²) in [4.78, 5) is 15.4. The van der Waals surface area contributed by atoms with E-state index in [2.05, 4.69) is 23.9 Å². The zero-order chi connectivity index (χ0) is 12.8. The van der Waals surface area contributed by atoms with E-state index in [4.69, 9.17) is 11.5 Å². The van der Waals surface area contributed by atoms with E-state index in [0.29, 0.717) is 6.42 Å². The maximum absolute atomic E-state index is 10.8. The molecular formula is C12H26N4O. The Morgan fingerprint density at radius 2 is 2.06 bits per heavy atom. The fourth-order valence-electron chi connectivity index (χ4n) is 2.28. The van der Waals surface area contributed by atoms with E-state index in [1.165, 1.54) is 25.9 Å². The molecule has 1 saturated heterocycles. The number of nitrogens with two attached hydrogens (primary N) is 2. The predicted octanol–water partition coefficient (Wildman–Crippen LogP) is -0.537. The van der Waals surface area contributed by atoms with E-state index >= 15 is 0 Å². The molecule has 0 spiro atoms. The van der Waals surface area contributed by atoms with Gasteiger partial charge in [-0.25, -0.2) is 0 Å². The molecule has 100 valence electrons. The van der Waals surface area contributed by atoms with E-state index in [1.54, 1.807) is 0 Å². The van der Waals surface area contributed by atoms with Crippen molar-refractivity contribution in [2.75, 3.05) is 40.3 Å². The first-order valence-corrected chi connectivity index (χ1v) is 6.41. The molecule has 0 aromatic heterocycles. The number of amides is 1. The van der Waals surface area contributed by atoms with Crippen molar-refractivity contribution < 1.29 is 4.79 Å². The lowest BCUT2D eigenvalue weighted by Crippen LogP contribution is -2.40. The van der Waals surface area contributed by atoms with Crippen LogP contribution in [0.1, 0.15) is 19.3 Å². The number of likely N-dealkylation sites (tertiary alicyclic amines) is 1. The van der Waals surface area contributed by atoms with Gasteiger partial charge in [0.25, 0.3) is 0 Å². The number of primary amides is 1. The normalized spacial score (nSPS) is 20.7. The summed E-state index contributed by atoms with van der Waals surface area (Å²) in [5.41, 5.74) is 10.7. The maximum Gasteiger partial charge on any atom is 0.234 e. The van der Waals surface area contributed by atoms with Gasteiger partial charge >= 0.3 is 0 Å². The van der Waals surface area contributed by atoms with Crippen molar-refractivity contribution >= 4 is 5.91 Å². The first-order chi connectivity index (χ1) is 7.99. The Labute approximate surface area is 104 Å². The van der Waals surface area contributed by atoms with Crippen LogP contribution >= 0.6 is 0 Å². The van der Waals surface area contributed by atoms with Gasteiger partial charge in [0.2, 0.25) is 5.91 Å². The van der Waals surface area contributed by atoms with Crippen LogP contribution in [0.3, 0.4) is 0 Å². The van der Waals surface area contributed by atoms with Crippen LogP contribution in [0.2, 0.25) is 0 Å². The predicted molar refractivity (Wildman–Crippen MR) is 69.5 cm³/mol. The summed E-state index contributed by atoms with van der Waals surface area (Å²) in [6, 6.07) is -0.505. The molecule has 0 aromatic carbocycles. The molecule has 1 amide bonds. The summed E-state index contributed by atoms with van der Waals surface area (Å²) >= 11 is 0. The Hall–Kier alpha value is -0.650. The van der Waals surface area contributed by atoms with E-state index in [1.807, 2.05) is 0 Å². The highest BCUT2D eigenvalue weighted by atomic mass is 16.1. The topological polar surface area (TPSA) is 75.6 Å². The minimum absolute atomic E-state index is 0.405. The van der Waals surface area contributed by atoms with Crippen molar-refractivity contribution in [3.05, 3.63) is 0 Å². The van der Waals surface area contributed by atoms with Crippen LogP contribution in [0.15, 0.2) is 0 Å². The minimum Gasteiger partial charge on any atom is -0.368 e. The zero-order valence-corrected chi connectivity index (χ0v) is 11.1. The van der Waals surface area contributed by atoms with Crippen molar-refractivity contribution in [1.82, 2.24) is 9.80 Å². The molecule has 1 aliphatic rings. The van der Waals surface area contributed by atoms with Crippen molar-refractivity contribution in [2.45, 2.75) is 25.3 Å². The molecule has 1 rings (SSSR count). The van der Waals surface area contributed by atoms with Crippen LogP contribution in [-0.2, 0) is 4.79 Å². The average Bonchev–Trinajstić information content (AvgIpc) is 2.29. The lowest BCUT2D eigenvalue weighted by Gasteiger charge is -2.31. The monoisotopic (exact) mass is 242 g/mol. The van der Waals surface area contributed by atoms with E-state index in [-0.39, 0.29) is 0 Å². The van der Waals surface area contributed by atoms with Gasteiger partial charge in [-0.2, -0.15) is 0 Å². The summed E-state index contributed by atoms with van der Waals surface area (Å²) in [5.74, 6) is 0.374. The molecule has 0 radical (unpaired) electrons. The second-order valence-electron chi connectivity index (χ2n) is 5.31. The number of hydrogen-bond donors (Lipinski definition) is 2. The molecule has 0 aliphatic carbocycles. The third-order valence-electron chi connectivity index (χ3n) is 3.60. The fourth-order valence-corrected chi connectivity index (χ4v) is 2.28. The Bertz CT molecular complexity index is 239. The molecule has 0 saturated carbocycles. The summed E-state index contributed by atoms with van der Waals surface area (Å²) in [6.07, 6.45) is 3.18. The quantitative estimate of drug-likeness (QED) is 0.656. The van der Waals surface area contributed by atoms with Crippen LogP contribution in [-0.4, -0.2) is 62.0 Å². The molecule has 4 N–H and O–H groups in total. The summed E-state index contributed by atoms with van der Waals surface area (Å²) in [7, 11) is 4.26. The summed E-state index contributed by atoms with van der Waals surface area (Å²) in [6.45, 7) is 4.33. The third-order valence-corrected chi connectivity index (χ3v) is 3.60. The second kappa shape index (κ2) is 6.93. The third kappa shape index (κ3) is 5.48. The molecule has 1 aliphatic heterocycles. The molecule has 0 aromatic rings. The van der Waals surface area contributed by atoms with Gasteiger partial charge in [0.15, 0.2) is 0 Å². The highest BCUT2D eigenvalue weighted by Crippen LogP contribution is 2.16. The van der Waals surface area contributed by atoms with Gasteiger partial charge in [-0.05, 0) is 58.9 Å². The first-order valence-electron chi connectivity index (χ1n) is 6.41. The van der Waals surface area contributed by atoms with Gasteiger partial charge in [-0.1, -0.05) is 0 Å². The van der Waals surface area contributed by atoms with Crippen LogP contribution in [0.25, 0.3) is 0 Å². The van der Waals surface area contributed by atoms with Crippen molar-refractivity contribution in [2.24, 2.45) is 17.4 Å². The molecule has 5 heteroatoms. The second-order valence-corrected chi connectivity index (χ2v) is 5.31. The lowest BCUT2D eigenvalue weighted by atomic mass is 9.96. The number of rotatable bonds is 6. The summed E-state index contributed by atoms with van der Waals surface area (Å²) < 4.78 is 0. The van der Waals surface area contributed by atoms with Crippen molar-refractivity contribution in [3.8, 4) is 0 Å². The van der Waals surface area contributed by atoms with Crippen molar-refractivity contribution in [1.29, 1.82) is 0 Å². The number of piperidine rings is 1. The van der Waals surface area contributed by atoms with E-state index in [0.717, 1.165) is 19.0 Å². The molecule has 1 unspecified atom stereocenters. The number of carbonyl (C=O) groups is 1. The molecule has 1 atom stereocenters. The molecule has 1 heterocycles. The fraction of sp³-hybridized carbons (Fsp3) is 0.917. The van der Waals surface area contributed by atoms with Crippen LogP contribution in [0, 0.1) is 5.92 Å². The van der Waals surface area contributed by atoms with Crippen LogP contribution < -0.4 is 11.5 Å². The zero-order valence-electron chi connectivity index (χ0n) is 11.1. The highest BCUT2D eigenvalue weighted by Gasteiger charge is 2.18.